The van der Waals surface area contributed by atoms with Crippen molar-refractivity contribution >= 4 is 55.7 Å². The first kappa shape index (κ1) is 17.2. The van der Waals surface area contributed by atoms with Crippen molar-refractivity contribution in [3.63, 3.8) is 0 Å². The lowest BCUT2D eigenvalue weighted by Gasteiger charge is -2.10. The van der Waals surface area contributed by atoms with E-state index in [1.165, 1.54) is 11.3 Å². The molecule has 2 aromatic rings. The first-order chi connectivity index (χ1) is 12.5. The minimum atomic E-state index is -0.993. The van der Waals surface area contributed by atoms with Crippen LogP contribution in [0.15, 0.2) is 39.8 Å². The predicted octanol–water partition coefficient (Wildman–Crippen LogP) is 4.76. The molecule has 0 atom stereocenters. The van der Waals surface area contributed by atoms with Crippen LogP contribution < -0.4 is 0 Å². The molecule has 0 radical (unpaired) electrons. The van der Waals surface area contributed by atoms with E-state index in [0.717, 1.165) is 46.2 Å². The number of hydrogen-bond donors (Lipinski definition) is 1. The number of fused-ring (bicyclic) bond motifs is 1. The second-order valence-electron chi connectivity index (χ2n) is 6.10. The lowest BCUT2D eigenvalue weighted by Crippen LogP contribution is -2.08. The van der Waals surface area contributed by atoms with E-state index >= 15 is 0 Å². The number of cyclic esters (lactones) is 1. The Morgan fingerprint density at radius 1 is 1.19 bits per heavy atom. The molecular weight excluding hydrogens is 418 g/mol. The molecule has 1 aliphatic carbocycles. The van der Waals surface area contributed by atoms with Crippen LogP contribution in [0.5, 0.6) is 0 Å². The summed E-state index contributed by atoms with van der Waals surface area (Å²) in [5.41, 5.74) is 1.99. The highest BCUT2D eigenvalue weighted by Gasteiger charge is 2.28. The number of carbonyl (C=O) groups is 2. The number of aromatic carboxylic acids is 1. The zero-order chi connectivity index (χ0) is 18.3. The molecule has 7 heteroatoms. The first-order valence-corrected chi connectivity index (χ1v) is 9.80. The summed E-state index contributed by atoms with van der Waals surface area (Å²) in [5, 5.41) is 9.99. The van der Waals surface area contributed by atoms with Gasteiger partial charge in [-0.05, 0) is 43.4 Å². The van der Waals surface area contributed by atoms with Crippen LogP contribution in [0.3, 0.4) is 0 Å². The fraction of sp³-hybridized carbons (Fsp3) is 0.211. The van der Waals surface area contributed by atoms with Gasteiger partial charge in [0.2, 0.25) is 0 Å². The monoisotopic (exact) mass is 431 g/mol. The van der Waals surface area contributed by atoms with Crippen LogP contribution in [0.2, 0.25) is 0 Å². The van der Waals surface area contributed by atoms with Gasteiger partial charge in [0.25, 0.3) is 0 Å². The second kappa shape index (κ2) is 6.81. The van der Waals surface area contributed by atoms with Crippen LogP contribution in [0.4, 0.5) is 5.00 Å². The maximum Gasteiger partial charge on any atom is 0.362 e. The van der Waals surface area contributed by atoms with E-state index in [2.05, 4.69) is 20.9 Å². The third-order valence-corrected chi connectivity index (χ3v) is 6.11. The number of rotatable bonds is 3. The molecule has 26 heavy (non-hydrogen) atoms. The number of aryl methyl sites for hydroxylation is 1. The van der Waals surface area contributed by atoms with Crippen LogP contribution in [0, 0.1) is 0 Å². The summed E-state index contributed by atoms with van der Waals surface area (Å²) in [7, 11) is 0. The van der Waals surface area contributed by atoms with Gasteiger partial charge in [-0.15, -0.1) is 11.3 Å². The zero-order valence-corrected chi connectivity index (χ0v) is 16.0. The number of hydrogen-bond acceptors (Lipinski definition) is 5. The van der Waals surface area contributed by atoms with Crippen LogP contribution in [0.1, 0.15) is 39.2 Å². The molecule has 0 fully saturated rings. The number of ether oxygens (including phenoxy) is 1. The van der Waals surface area contributed by atoms with Crippen molar-refractivity contribution in [1.29, 1.82) is 0 Å². The summed E-state index contributed by atoms with van der Waals surface area (Å²) in [4.78, 5) is 29.3. The van der Waals surface area contributed by atoms with Gasteiger partial charge in [-0.3, -0.25) is 0 Å². The van der Waals surface area contributed by atoms with Crippen molar-refractivity contribution in [2.24, 2.45) is 4.99 Å². The number of nitrogens with zero attached hydrogens (tertiary/aromatic N) is 1. The summed E-state index contributed by atoms with van der Waals surface area (Å²) in [6.45, 7) is 0. The summed E-state index contributed by atoms with van der Waals surface area (Å²) in [6, 6.07) is 7.38. The molecule has 5 nitrogen and oxygen atoms in total. The molecular formula is C19H14BrNO4S. The molecule has 0 amide bonds. The van der Waals surface area contributed by atoms with Gasteiger partial charge in [0.1, 0.15) is 10.8 Å². The molecule has 4 rings (SSSR count). The van der Waals surface area contributed by atoms with Crippen molar-refractivity contribution < 1.29 is 19.4 Å². The lowest BCUT2D eigenvalue weighted by molar-refractivity contribution is -0.128. The summed E-state index contributed by atoms with van der Waals surface area (Å²) >= 11 is 4.73. The Morgan fingerprint density at radius 2 is 1.92 bits per heavy atom. The maximum absolute atomic E-state index is 12.2. The third kappa shape index (κ3) is 3.12. The number of benzene rings is 1. The lowest BCUT2D eigenvalue weighted by atomic mass is 9.95. The van der Waals surface area contributed by atoms with Crippen molar-refractivity contribution in [2.45, 2.75) is 25.7 Å². The molecule has 2 heterocycles. The van der Waals surface area contributed by atoms with Gasteiger partial charge in [-0.2, -0.15) is 0 Å². The van der Waals surface area contributed by atoms with E-state index < -0.39 is 11.9 Å². The Labute approximate surface area is 162 Å². The second-order valence-corrected chi connectivity index (χ2v) is 8.10. The van der Waals surface area contributed by atoms with Gasteiger partial charge in [-0.25, -0.2) is 14.6 Å². The topological polar surface area (TPSA) is 76.0 Å². The molecule has 1 aliphatic heterocycles. The molecule has 0 saturated carbocycles. The molecule has 0 saturated heterocycles. The van der Waals surface area contributed by atoms with Crippen molar-refractivity contribution in [3.8, 4) is 0 Å². The van der Waals surface area contributed by atoms with Crippen LogP contribution >= 0.6 is 27.3 Å². The summed E-state index contributed by atoms with van der Waals surface area (Å²) < 4.78 is 6.23. The molecule has 132 valence electrons. The average Bonchev–Trinajstić information content (AvgIpc) is 3.16. The molecule has 2 aliphatic rings. The molecule has 0 bridgehead atoms. The minimum absolute atomic E-state index is 0.129. The number of halogens is 1. The Morgan fingerprint density at radius 3 is 2.65 bits per heavy atom. The Hall–Kier alpha value is -2.25. The standard InChI is InChI=1S/C19H14BrNO4S/c20-11-7-5-10(6-8-11)14-9-13(19(24)25-14)21-17-16(18(22)23)12-3-1-2-4-15(12)26-17/h5-9H,1-4H2,(H,22,23). The molecule has 1 aromatic heterocycles. The fourth-order valence-electron chi connectivity index (χ4n) is 3.16. The Bertz CT molecular complexity index is 972. The van der Waals surface area contributed by atoms with E-state index in [1.807, 2.05) is 24.3 Å². The highest BCUT2D eigenvalue weighted by atomic mass is 79.9. The highest BCUT2D eigenvalue weighted by molar-refractivity contribution is 9.10. The molecule has 0 spiro atoms. The van der Waals surface area contributed by atoms with E-state index in [9.17, 15) is 14.7 Å². The Balaban J connectivity index is 1.74. The minimum Gasteiger partial charge on any atom is -0.478 e. The molecule has 1 N–H and O–H groups in total. The van der Waals surface area contributed by atoms with Gasteiger partial charge >= 0.3 is 11.9 Å². The number of carboxylic acids is 1. The molecule has 1 aromatic carbocycles. The number of carbonyl (C=O) groups excluding carboxylic acids is 1. The van der Waals surface area contributed by atoms with E-state index in [0.29, 0.717) is 10.8 Å². The predicted molar refractivity (Wildman–Crippen MR) is 103 cm³/mol. The van der Waals surface area contributed by atoms with E-state index in [1.54, 1.807) is 6.08 Å². The van der Waals surface area contributed by atoms with E-state index in [-0.39, 0.29) is 11.3 Å². The highest BCUT2D eigenvalue weighted by Crippen LogP contribution is 2.40. The summed E-state index contributed by atoms with van der Waals surface area (Å²) in [5.74, 6) is -1.14. The molecule has 0 unspecified atom stereocenters. The van der Waals surface area contributed by atoms with Crippen molar-refractivity contribution in [1.82, 2.24) is 0 Å². The van der Waals surface area contributed by atoms with Crippen LogP contribution in [-0.4, -0.2) is 22.8 Å². The number of thiophene rings is 1. The largest absolute Gasteiger partial charge is 0.478 e. The fourth-order valence-corrected chi connectivity index (χ4v) is 4.69. The van der Waals surface area contributed by atoms with Gasteiger partial charge in [0.05, 0.1) is 5.56 Å². The number of carboxylic acid groups (broad SMARTS) is 1. The number of aliphatic imine (C=N–C) groups is 1. The third-order valence-electron chi connectivity index (χ3n) is 4.40. The van der Waals surface area contributed by atoms with Gasteiger partial charge in [0, 0.05) is 21.0 Å². The number of esters is 1. The Kier molecular flexibility index (Phi) is 4.50. The normalized spacial score (nSPS) is 17.8. The van der Waals surface area contributed by atoms with Crippen LogP contribution in [0.25, 0.3) is 5.76 Å². The van der Waals surface area contributed by atoms with Crippen molar-refractivity contribution in [2.75, 3.05) is 0 Å². The van der Waals surface area contributed by atoms with E-state index in [4.69, 9.17) is 4.74 Å². The summed E-state index contributed by atoms with van der Waals surface area (Å²) in [6.07, 6.45) is 5.22. The van der Waals surface area contributed by atoms with Gasteiger partial charge < -0.3 is 9.84 Å². The SMILES string of the molecule is O=C1OC(c2ccc(Br)cc2)=CC1=Nc1sc2c(c1C(=O)O)CCCC2. The zero-order valence-electron chi connectivity index (χ0n) is 13.6. The quantitative estimate of drug-likeness (QED) is 0.710. The average molecular weight is 432 g/mol. The maximum atomic E-state index is 12.2. The van der Waals surface area contributed by atoms with Gasteiger partial charge in [-0.1, -0.05) is 28.1 Å². The van der Waals surface area contributed by atoms with Gasteiger partial charge in [0.15, 0.2) is 5.71 Å². The van der Waals surface area contributed by atoms with Crippen LogP contribution in [-0.2, 0) is 22.4 Å². The van der Waals surface area contributed by atoms with Crippen molar-refractivity contribution in [3.05, 3.63) is 56.4 Å². The smallest absolute Gasteiger partial charge is 0.362 e. The first-order valence-electron chi connectivity index (χ1n) is 8.19.